The van der Waals surface area contributed by atoms with Crippen LogP contribution in [0.15, 0.2) is 24.3 Å². The van der Waals surface area contributed by atoms with E-state index in [0.29, 0.717) is 11.1 Å². The Labute approximate surface area is 208 Å². The highest BCUT2D eigenvalue weighted by atomic mass is 16.5. The van der Waals surface area contributed by atoms with Gasteiger partial charge in [-0.2, -0.15) is 0 Å². The van der Waals surface area contributed by atoms with Gasteiger partial charge in [0.05, 0.1) is 11.1 Å². The number of rotatable bonds is 20. The van der Waals surface area contributed by atoms with Crippen molar-refractivity contribution < 1.29 is 19.1 Å². The monoisotopic (exact) mass is 476 g/mol. The summed E-state index contributed by atoms with van der Waals surface area (Å²) in [5.41, 5.74) is 0.727. The first-order valence-corrected chi connectivity index (χ1v) is 13.3. The maximum Gasteiger partial charge on any atom is 0.339 e. The van der Waals surface area contributed by atoms with Crippen molar-refractivity contribution in [3.05, 3.63) is 35.4 Å². The molecule has 0 heterocycles. The molecule has 0 aliphatic heterocycles. The van der Waals surface area contributed by atoms with Gasteiger partial charge in [0.2, 0.25) is 0 Å². The first-order valence-electron chi connectivity index (χ1n) is 13.3. The number of hydrogen-bond donors (Lipinski definition) is 0. The summed E-state index contributed by atoms with van der Waals surface area (Å²) < 4.78 is 10.8. The van der Waals surface area contributed by atoms with Crippen molar-refractivity contribution in [1.82, 2.24) is 9.80 Å². The number of ether oxygens (including phenoxy) is 2. The molecule has 1 aromatic carbocycles. The minimum absolute atomic E-state index is 0.242. The van der Waals surface area contributed by atoms with Crippen molar-refractivity contribution in [1.29, 1.82) is 0 Å². The Hall–Kier alpha value is -1.92. The van der Waals surface area contributed by atoms with Gasteiger partial charge in [-0.3, -0.25) is 9.80 Å². The molecular formula is C28H48N2O4. The van der Waals surface area contributed by atoms with Crippen molar-refractivity contribution in [2.45, 2.75) is 90.9 Å². The van der Waals surface area contributed by atoms with E-state index in [2.05, 4.69) is 13.8 Å². The highest BCUT2D eigenvalue weighted by molar-refractivity contribution is 5.95. The summed E-state index contributed by atoms with van der Waals surface area (Å²) in [6.07, 6.45) is 14.8. The molecule has 0 atom stereocenters. The SMILES string of the molecule is CCCCCCCCN(C)COC(=O)c1cccc(C(=O)OCN(C)CCCCCCCC)c1. The van der Waals surface area contributed by atoms with Crippen LogP contribution in [0.25, 0.3) is 0 Å². The van der Waals surface area contributed by atoms with Crippen molar-refractivity contribution >= 4 is 11.9 Å². The quantitative estimate of drug-likeness (QED) is 0.122. The Kier molecular flexibility index (Phi) is 17.2. The van der Waals surface area contributed by atoms with E-state index >= 15 is 0 Å². The number of nitrogens with zero attached hydrogens (tertiary/aromatic N) is 2. The van der Waals surface area contributed by atoms with Crippen LogP contribution < -0.4 is 0 Å². The zero-order valence-electron chi connectivity index (χ0n) is 22.2. The molecular weight excluding hydrogens is 428 g/mol. The lowest BCUT2D eigenvalue weighted by atomic mass is 10.1. The van der Waals surface area contributed by atoms with Crippen molar-refractivity contribution in [3.8, 4) is 0 Å². The average molecular weight is 477 g/mol. The fourth-order valence-electron chi connectivity index (χ4n) is 3.73. The smallest absolute Gasteiger partial charge is 0.339 e. The third-order valence-electron chi connectivity index (χ3n) is 5.95. The second-order valence-corrected chi connectivity index (χ2v) is 9.40. The van der Waals surface area contributed by atoms with Gasteiger partial charge in [-0.05, 0) is 45.1 Å². The molecule has 0 N–H and O–H groups in total. The van der Waals surface area contributed by atoms with E-state index in [0.717, 1.165) is 25.9 Å². The fourth-order valence-corrected chi connectivity index (χ4v) is 3.73. The molecule has 0 radical (unpaired) electrons. The van der Waals surface area contributed by atoms with Crippen LogP contribution in [-0.2, 0) is 9.47 Å². The lowest BCUT2D eigenvalue weighted by molar-refractivity contribution is 0.0268. The summed E-state index contributed by atoms with van der Waals surface area (Å²) in [5, 5.41) is 0. The molecule has 0 amide bonds. The summed E-state index contributed by atoms with van der Waals surface area (Å²) in [6, 6.07) is 6.56. The van der Waals surface area contributed by atoms with E-state index in [1.165, 1.54) is 64.2 Å². The Balaban J connectivity index is 2.31. The molecule has 34 heavy (non-hydrogen) atoms. The van der Waals surface area contributed by atoms with Gasteiger partial charge in [0.25, 0.3) is 0 Å². The molecule has 0 saturated heterocycles. The van der Waals surface area contributed by atoms with Crippen molar-refractivity contribution in [2.75, 3.05) is 40.6 Å². The summed E-state index contributed by atoms with van der Waals surface area (Å²) in [4.78, 5) is 28.9. The van der Waals surface area contributed by atoms with E-state index in [-0.39, 0.29) is 13.5 Å². The number of esters is 2. The average Bonchev–Trinajstić information content (AvgIpc) is 2.85. The third-order valence-corrected chi connectivity index (χ3v) is 5.95. The molecule has 6 nitrogen and oxygen atoms in total. The highest BCUT2D eigenvalue weighted by Gasteiger charge is 2.14. The molecule has 6 heteroatoms. The number of benzene rings is 1. The van der Waals surface area contributed by atoms with Gasteiger partial charge in [-0.25, -0.2) is 9.59 Å². The summed E-state index contributed by atoms with van der Waals surface area (Å²) in [6.45, 7) is 6.72. The first-order chi connectivity index (χ1) is 16.5. The topological polar surface area (TPSA) is 59.1 Å². The van der Waals surface area contributed by atoms with Crippen LogP contribution in [0.1, 0.15) is 112 Å². The second kappa shape index (κ2) is 19.4. The minimum Gasteiger partial charge on any atom is -0.446 e. The van der Waals surface area contributed by atoms with Crippen LogP contribution in [0, 0.1) is 0 Å². The molecule has 0 aromatic heterocycles. The largest absolute Gasteiger partial charge is 0.446 e. The molecule has 0 spiro atoms. The van der Waals surface area contributed by atoms with E-state index in [9.17, 15) is 9.59 Å². The van der Waals surface area contributed by atoms with Crippen molar-refractivity contribution in [2.24, 2.45) is 0 Å². The molecule has 194 valence electrons. The Morgan fingerprint density at radius 2 is 1.03 bits per heavy atom. The van der Waals surface area contributed by atoms with Gasteiger partial charge in [0.1, 0.15) is 13.5 Å². The fraction of sp³-hybridized carbons (Fsp3) is 0.714. The van der Waals surface area contributed by atoms with Crippen molar-refractivity contribution in [3.63, 3.8) is 0 Å². The van der Waals surface area contributed by atoms with Gasteiger partial charge >= 0.3 is 11.9 Å². The molecule has 0 aliphatic rings. The van der Waals surface area contributed by atoms with Crippen LogP contribution in [0.4, 0.5) is 0 Å². The highest BCUT2D eigenvalue weighted by Crippen LogP contribution is 2.10. The molecule has 0 aliphatic carbocycles. The van der Waals surface area contributed by atoms with Crippen LogP contribution in [0.2, 0.25) is 0 Å². The Morgan fingerprint density at radius 3 is 1.44 bits per heavy atom. The van der Waals surface area contributed by atoms with Gasteiger partial charge in [0.15, 0.2) is 0 Å². The molecule has 0 saturated carbocycles. The van der Waals surface area contributed by atoms with E-state index in [4.69, 9.17) is 9.47 Å². The maximum absolute atomic E-state index is 12.4. The lowest BCUT2D eigenvalue weighted by Crippen LogP contribution is -2.25. The van der Waals surface area contributed by atoms with Crippen LogP contribution in [0.3, 0.4) is 0 Å². The summed E-state index contributed by atoms with van der Waals surface area (Å²) in [5.74, 6) is -0.853. The molecule has 1 aromatic rings. The number of carbonyl (C=O) groups excluding carboxylic acids is 2. The van der Waals surface area contributed by atoms with Crippen LogP contribution in [-0.4, -0.2) is 62.4 Å². The Morgan fingerprint density at radius 1 is 0.647 bits per heavy atom. The number of unbranched alkanes of at least 4 members (excludes halogenated alkanes) is 10. The molecule has 0 unspecified atom stereocenters. The standard InChI is InChI=1S/C28H48N2O4/c1-5-7-9-11-13-15-20-29(3)23-33-27(31)25-18-17-19-26(22-25)28(32)34-24-30(4)21-16-14-12-10-8-6-2/h17-19,22H,5-16,20-21,23-24H2,1-4H3. The number of hydrogen-bond acceptors (Lipinski definition) is 6. The lowest BCUT2D eigenvalue weighted by Gasteiger charge is -2.17. The second-order valence-electron chi connectivity index (χ2n) is 9.40. The van der Waals surface area contributed by atoms with Crippen LogP contribution in [0.5, 0.6) is 0 Å². The minimum atomic E-state index is -0.426. The number of carbonyl (C=O) groups is 2. The normalized spacial score (nSPS) is 11.2. The van der Waals surface area contributed by atoms with Gasteiger partial charge in [-0.1, -0.05) is 84.1 Å². The predicted molar refractivity (Wildman–Crippen MR) is 139 cm³/mol. The third kappa shape index (κ3) is 14.4. The maximum atomic E-state index is 12.4. The van der Waals surface area contributed by atoms with E-state index in [1.54, 1.807) is 24.3 Å². The predicted octanol–water partition coefficient (Wildman–Crippen LogP) is 6.50. The van der Waals surface area contributed by atoms with Gasteiger partial charge < -0.3 is 9.47 Å². The van der Waals surface area contributed by atoms with Crippen LogP contribution >= 0.6 is 0 Å². The molecule has 1 rings (SSSR count). The molecule has 0 fully saturated rings. The first kappa shape index (κ1) is 30.1. The van der Waals surface area contributed by atoms with Gasteiger partial charge in [0, 0.05) is 13.1 Å². The molecule has 0 bridgehead atoms. The van der Waals surface area contributed by atoms with Gasteiger partial charge in [-0.15, -0.1) is 0 Å². The zero-order valence-corrected chi connectivity index (χ0v) is 22.2. The zero-order chi connectivity index (χ0) is 25.0. The Bertz CT molecular complexity index is 627. The summed E-state index contributed by atoms with van der Waals surface area (Å²) in [7, 11) is 3.91. The van der Waals surface area contributed by atoms with E-state index < -0.39 is 11.9 Å². The van der Waals surface area contributed by atoms with E-state index in [1.807, 2.05) is 23.9 Å². The summed E-state index contributed by atoms with van der Waals surface area (Å²) >= 11 is 0.